The van der Waals surface area contributed by atoms with Crippen molar-refractivity contribution in [1.29, 1.82) is 0 Å². The van der Waals surface area contributed by atoms with Crippen molar-refractivity contribution in [2.24, 2.45) is 0 Å². The van der Waals surface area contributed by atoms with E-state index < -0.39 is 0 Å². The number of carbonyl (C=O) groups excluding carboxylic acids is 1. The van der Waals surface area contributed by atoms with Crippen molar-refractivity contribution in [2.45, 2.75) is 31.7 Å². The predicted octanol–water partition coefficient (Wildman–Crippen LogP) is 3.19. The number of nitrogens with one attached hydrogen (secondary N) is 3. The van der Waals surface area contributed by atoms with E-state index in [0.717, 1.165) is 31.5 Å². The highest BCUT2D eigenvalue weighted by atomic mass is 16.1. The SMILES string of the molecule is O=C(CCCc1ccccc1)Nc1ccc(C2CCNN2)cc1. The minimum absolute atomic E-state index is 0.0781. The highest BCUT2D eigenvalue weighted by Crippen LogP contribution is 2.20. The molecular weight excluding hydrogens is 286 g/mol. The third-order valence-electron chi connectivity index (χ3n) is 4.14. The number of aryl methyl sites for hydroxylation is 1. The topological polar surface area (TPSA) is 53.2 Å². The zero-order valence-electron chi connectivity index (χ0n) is 13.2. The standard InChI is InChI=1S/C19H23N3O/c23-19(8-4-7-15-5-2-1-3-6-15)21-17-11-9-16(10-12-17)18-13-14-20-22-18/h1-3,5-6,9-12,18,20,22H,4,7-8,13-14H2,(H,21,23). The molecule has 1 heterocycles. The molecule has 4 nitrogen and oxygen atoms in total. The van der Waals surface area contributed by atoms with Crippen LogP contribution in [0.15, 0.2) is 54.6 Å². The Hall–Kier alpha value is -2.17. The Morgan fingerprint density at radius 2 is 1.87 bits per heavy atom. The Labute approximate surface area is 137 Å². The van der Waals surface area contributed by atoms with Gasteiger partial charge in [0.1, 0.15) is 0 Å². The van der Waals surface area contributed by atoms with E-state index in [1.54, 1.807) is 0 Å². The Kier molecular flexibility index (Phi) is 5.40. The van der Waals surface area contributed by atoms with Crippen molar-refractivity contribution >= 4 is 11.6 Å². The second-order valence-electron chi connectivity index (χ2n) is 5.92. The van der Waals surface area contributed by atoms with E-state index in [9.17, 15) is 4.79 Å². The summed E-state index contributed by atoms with van der Waals surface area (Å²) in [5.41, 5.74) is 9.77. The zero-order chi connectivity index (χ0) is 15.9. The summed E-state index contributed by atoms with van der Waals surface area (Å²) in [5, 5.41) is 2.97. The van der Waals surface area contributed by atoms with Crippen LogP contribution in [-0.2, 0) is 11.2 Å². The lowest BCUT2D eigenvalue weighted by Gasteiger charge is -2.11. The lowest BCUT2D eigenvalue weighted by atomic mass is 10.1. The van der Waals surface area contributed by atoms with Crippen LogP contribution >= 0.6 is 0 Å². The molecule has 1 aliphatic rings. The van der Waals surface area contributed by atoms with E-state index >= 15 is 0 Å². The number of hydrazine groups is 1. The van der Waals surface area contributed by atoms with Gasteiger partial charge >= 0.3 is 0 Å². The van der Waals surface area contributed by atoms with Gasteiger partial charge in [0.05, 0.1) is 0 Å². The molecular formula is C19H23N3O. The molecule has 0 saturated carbocycles. The second-order valence-corrected chi connectivity index (χ2v) is 5.92. The van der Waals surface area contributed by atoms with Crippen LogP contribution in [0.3, 0.4) is 0 Å². The first kappa shape index (κ1) is 15.7. The first-order valence-corrected chi connectivity index (χ1v) is 8.23. The van der Waals surface area contributed by atoms with Crippen LogP contribution in [-0.4, -0.2) is 12.5 Å². The van der Waals surface area contributed by atoms with Gasteiger partial charge in [-0.25, -0.2) is 0 Å². The van der Waals surface area contributed by atoms with Gasteiger partial charge in [0.25, 0.3) is 0 Å². The van der Waals surface area contributed by atoms with Crippen molar-refractivity contribution in [3.05, 3.63) is 65.7 Å². The van der Waals surface area contributed by atoms with Crippen molar-refractivity contribution in [3.8, 4) is 0 Å². The molecule has 120 valence electrons. The normalized spacial score (nSPS) is 17.1. The summed E-state index contributed by atoms with van der Waals surface area (Å²) in [5.74, 6) is 0.0781. The smallest absolute Gasteiger partial charge is 0.224 e. The van der Waals surface area contributed by atoms with E-state index in [-0.39, 0.29) is 5.91 Å². The molecule has 1 atom stereocenters. The molecule has 3 N–H and O–H groups in total. The Bertz CT molecular complexity index is 619. The van der Waals surface area contributed by atoms with E-state index in [1.165, 1.54) is 11.1 Å². The lowest BCUT2D eigenvalue weighted by molar-refractivity contribution is -0.116. The number of rotatable bonds is 6. The summed E-state index contributed by atoms with van der Waals surface area (Å²) < 4.78 is 0. The fraction of sp³-hybridized carbons (Fsp3) is 0.316. The van der Waals surface area contributed by atoms with Crippen LogP contribution in [0, 0.1) is 0 Å². The lowest BCUT2D eigenvalue weighted by Crippen LogP contribution is -2.24. The van der Waals surface area contributed by atoms with Gasteiger partial charge in [0.15, 0.2) is 0 Å². The Morgan fingerprint density at radius 3 is 2.57 bits per heavy atom. The van der Waals surface area contributed by atoms with Crippen LogP contribution in [0.5, 0.6) is 0 Å². The van der Waals surface area contributed by atoms with E-state index in [2.05, 4.69) is 40.4 Å². The highest BCUT2D eigenvalue weighted by molar-refractivity contribution is 5.90. The third-order valence-corrected chi connectivity index (χ3v) is 4.14. The van der Waals surface area contributed by atoms with Crippen molar-refractivity contribution in [3.63, 3.8) is 0 Å². The third kappa shape index (κ3) is 4.65. The molecule has 1 unspecified atom stereocenters. The maximum Gasteiger partial charge on any atom is 0.224 e. The molecule has 0 spiro atoms. The van der Waals surface area contributed by atoms with Gasteiger partial charge in [0, 0.05) is 24.7 Å². The molecule has 1 aliphatic heterocycles. The summed E-state index contributed by atoms with van der Waals surface area (Å²) in [7, 11) is 0. The molecule has 0 aromatic heterocycles. The van der Waals surface area contributed by atoms with Crippen LogP contribution in [0.25, 0.3) is 0 Å². The average Bonchev–Trinajstić information content (AvgIpc) is 3.11. The first-order chi connectivity index (χ1) is 11.3. The number of hydrogen-bond acceptors (Lipinski definition) is 3. The maximum atomic E-state index is 12.0. The van der Waals surface area contributed by atoms with Crippen LogP contribution in [0.2, 0.25) is 0 Å². The van der Waals surface area contributed by atoms with Gasteiger partial charge in [-0.1, -0.05) is 42.5 Å². The predicted molar refractivity (Wildman–Crippen MR) is 92.9 cm³/mol. The van der Waals surface area contributed by atoms with E-state index in [0.29, 0.717) is 12.5 Å². The van der Waals surface area contributed by atoms with Crippen molar-refractivity contribution in [2.75, 3.05) is 11.9 Å². The minimum atomic E-state index is 0.0781. The number of anilines is 1. The van der Waals surface area contributed by atoms with E-state index in [1.807, 2.05) is 30.3 Å². The van der Waals surface area contributed by atoms with Gasteiger partial charge in [-0.3, -0.25) is 15.6 Å². The number of benzene rings is 2. The van der Waals surface area contributed by atoms with Crippen molar-refractivity contribution in [1.82, 2.24) is 10.9 Å². The first-order valence-electron chi connectivity index (χ1n) is 8.23. The van der Waals surface area contributed by atoms with Crippen LogP contribution < -0.4 is 16.2 Å². The van der Waals surface area contributed by atoms with Gasteiger partial charge < -0.3 is 5.32 Å². The molecule has 2 aromatic carbocycles. The summed E-state index contributed by atoms with van der Waals surface area (Å²) in [6, 6.07) is 18.7. The molecule has 0 bridgehead atoms. The summed E-state index contributed by atoms with van der Waals surface area (Å²) in [6.45, 7) is 0.991. The Balaban J connectivity index is 1.44. The summed E-state index contributed by atoms with van der Waals surface area (Å²) in [6.07, 6.45) is 3.44. The van der Waals surface area contributed by atoms with Gasteiger partial charge in [0.2, 0.25) is 5.91 Å². The zero-order valence-corrected chi connectivity index (χ0v) is 13.2. The quantitative estimate of drug-likeness (QED) is 0.768. The highest BCUT2D eigenvalue weighted by Gasteiger charge is 2.15. The molecule has 0 aliphatic carbocycles. The number of hydrogen-bond donors (Lipinski definition) is 3. The average molecular weight is 309 g/mol. The monoisotopic (exact) mass is 309 g/mol. The summed E-state index contributed by atoms with van der Waals surface area (Å²) >= 11 is 0. The molecule has 1 amide bonds. The largest absolute Gasteiger partial charge is 0.326 e. The number of carbonyl (C=O) groups is 1. The van der Waals surface area contributed by atoms with Gasteiger partial charge in [-0.2, -0.15) is 0 Å². The molecule has 1 saturated heterocycles. The second kappa shape index (κ2) is 7.90. The maximum absolute atomic E-state index is 12.0. The van der Waals surface area contributed by atoms with Crippen LogP contribution in [0.1, 0.15) is 36.4 Å². The molecule has 1 fully saturated rings. The fourth-order valence-electron chi connectivity index (χ4n) is 2.85. The summed E-state index contributed by atoms with van der Waals surface area (Å²) in [4.78, 5) is 12.0. The Morgan fingerprint density at radius 1 is 1.09 bits per heavy atom. The molecule has 3 rings (SSSR count). The molecule has 4 heteroatoms. The number of amides is 1. The minimum Gasteiger partial charge on any atom is -0.326 e. The molecule has 0 radical (unpaired) electrons. The van der Waals surface area contributed by atoms with Gasteiger partial charge in [-0.05, 0) is 42.5 Å². The van der Waals surface area contributed by atoms with Gasteiger partial charge in [-0.15, -0.1) is 0 Å². The van der Waals surface area contributed by atoms with Crippen molar-refractivity contribution < 1.29 is 4.79 Å². The fourth-order valence-corrected chi connectivity index (χ4v) is 2.85. The molecule has 2 aromatic rings. The molecule has 23 heavy (non-hydrogen) atoms. The van der Waals surface area contributed by atoms with E-state index in [4.69, 9.17) is 0 Å². The van der Waals surface area contributed by atoms with Crippen LogP contribution in [0.4, 0.5) is 5.69 Å².